The van der Waals surface area contributed by atoms with E-state index in [4.69, 9.17) is 4.42 Å². The van der Waals surface area contributed by atoms with Crippen LogP contribution in [0.1, 0.15) is 40.4 Å². The Kier molecular flexibility index (Phi) is 6.07. The lowest BCUT2D eigenvalue weighted by molar-refractivity contribution is -0.120. The molecule has 3 rings (SSSR count). The fraction of sp³-hybridized carbons (Fsp3) is 0.400. The molecule has 1 fully saturated rings. The zero-order valence-electron chi connectivity index (χ0n) is 15.0. The second-order valence-corrected chi connectivity index (χ2v) is 6.67. The van der Waals surface area contributed by atoms with E-state index in [1.54, 1.807) is 6.07 Å². The fourth-order valence-electron chi connectivity index (χ4n) is 3.23. The van der Waals surface area contributed by atoms with Crippen molar-refractivity contribution in [2.45, 2.75) is 25.8 Å². The number of furan rings is 1. The Bertz CT molecular complexity index is 719. The number of rotatable bonds is 7. The Balaban J connectivity index is 1.54. The zero-order chi connectivity index (χ0) is 18.4. The molecule has 6 heteroatoms. The van der Waals surface area contributed by atoms with Crippen molar-refractivity contribution in [3.05, 3.63) is 59.5 Å². The van der Waals surface area contributed by atoms with Gasteiger partial charge in [-0.2, -0.15) is 0 Å². The van der Waals surface area contributed by atoms with Gasteiger partial charge in [0.2, 0.25) is 5.91 Å². The quantitative estimate of drug-likeness (QED) is 0.799. The van der Waals surface area contributed by atoms with Crippen LogP contribution in [0.4, 0.5) is 0 Å². The van der Waals surface area contributed by atoms with Crippen LogP contribution in [0.3, 0.4) is 0 Å². The van der Waals surface area contributed by atoms with Crippen LogP contribution in [-0.2, 0) is 4.79 Å². The van der Waals surface area contributed by atoms with Gasteiger partial charge in [-0.05, 0) is 44.5 Å². The maximum absolute atomic E-state index is 12.2. The summed E-state index contributed by atoms with van der Waals surface area (Å²) in [5, 5.41) is 5.56. The molecule has 0 saturated carbocycles. The van der Waals surface area contributed by atoms with E-state index in [9.17, 15) is 9.59 Å². The van der Waals surface area contributed by atoms with Gasteiger partial charge < -0.3 is 15.1 Å². The van der Waals surface area contributed by atoms with E-state index < -0.39 is 0 Å². The van der Waals surface area contributed by atoms with E-state index in [-0.39, 0.29) is 24.4 Å². The Morgan fingerprint density at radius 3 is 2.50 bits per heavy atom. The van der Waals surface area contributed by atoms with Gasteiger partial charge in [0.1, 0.15) is 6.26 Å². The van der Waals surface area contributed by atoms with Gasteiger partial charge in [-0.3, -0.25) is 14.5 Å². The summed E-state index contributed by atoms with van der Waals surface area (Å²) in [4.78, 5) is 26.4. The molecule has 2 aromatic rings. The standard InChI is InChI=1S/C20H25N3O3/c1-15-4-6-16(7-5-15)18(23-9-2-3-10-23)12-21-19(24)13-22-20(25)17-8-11-26-14-17/h4-8,11,14,18H,2-3,9-10,12-13H2,1H3,(H,21,24)(H,22,25)/t18-/m1/s1. The molecule has 1 aromatic carbocycles. The first kappa shape index (κ1) is 18.2. The molecular formula is C20H25N3O3. The van der Waals surface area contributed by atoms with E-state index in [0.717, 1.165) is 13.1 Å². The van der Waals surface area contributed by atoms with Crippen molar-refractivity contribution in [3.63, 3.8) is 0 Å². The van der Waals surface area contributed by atoms with Crippen molar-refractivity contribution in [1.82, 2.24) is 15.5 Å². The molecule has 1 aliphatic rings. The van der Waals surface area contributed by atoms with Crippen molar-refractivity contribution in [1.29, 1.82) is 0 Å². The Morgan fingerprint density at radius 1 is 1.12 bits per heavy atom. The SMILES string of the molecule is Cc1ccc([C@@H](CNC(=O)CNC(=O)c2ccoc2)N2CCCC2)cc1. The highest BCUT2D eigenvalue weighted by atomic mass is 16.3. The summed E-state index contributed by atoms with van der Waals surface area (Å²) in [5.41, 5.74) is 2.84. The minimum absolute atomic E-state index is 0.0510. The fourth-order valence-corrected chi connectivity index (χ4v) is 3.23. The monoisotopic (exact) mass is 355 g/mol. The lowest BCUT2D eigenvalue weighted by Crippen LogP contribution is -2.41. The van der Waals surface area contributed by atoms with E-state index >= 15 is 0 Å². The van der Waals surface area contributed by atoms with E-state index in [1.165, 1.54) is 36.5 Å². The lowest BCUT2D eigenvalue weighted by atomic mass is 10.0. The van der Waals surface area contributed by atoms with Crippen LogP contribution < -0.4 is 10.6 Å². The second-order valence-electron chi connectivity index (χ2n) is 6.67. The molecule has 0 spiro atoms. The van der Waals surface area contributed by atoms with Gasteiger partial charge in [0.05, 0.1) is 24.4 Å². The predicted molar refractivity (Wildman–Crippen MR) is 98.8 cm³/mol. The first-order chi connectivity index (χ1) is 12.6. The number of amides is 2. The maximum atomic E-state index is 12.2. The molecule has 26 heavy (non-hydrogen) atoms. The highest BCUT2D eigenvalue weighted by Crippen LogP contribution is 2.24. The molecule has 1 saturated heterocycles. The first-order valence-electron chi connectivity index (χ1n) is 9.01. The van der Waals surface area contributed by atoms with Gasteiger partial charge >= 0.3 is 0 Å². The van der Waals surface area contributed by atoms with Crippen molar-refractivity contribution < 1.29 is 14.0 Å². The van der Waals surface area contributed by atoms with Crippen LogP contribution in [0.5, 0.6) is 0 Å². The molecular weight excluding hydrogens is 330 g/mol. The predicted octanol–water partition coefficient (Wildman–Crippen LogP) is 2.27. The van der Waals surface area contributed by atoms with Crippen LogP contribution >= 0.6 is 0 Å². The summed E-state index contributed by atoms with van der Waals surface area (Å²) in [7, 11) is 0. The summed E-state index contributed by atoms with van der Waals surface area (Å²) >= 11 is 0. The van der Waals surface area contributed by atoms with Crippen molar-refractivity contribution in [3.8, 4) is 0 Å². The number of hydrogen-bond donors (Lipinski definition) is 2. The Hall–Kier alpha value is -2.60. The largest absolute Gasteiger partial charge is 0.472 e. The number of nitrogens with one attached hydrogen (secondary N) is 2. The topological polar surface area (TPSA) is 74.6 Å². The van der Waals surface area contributed by atoms with Crippen LogP contribution in [0, 0.1) is 6.92 Å². The zero-order valence-corrected chi connectivity index (χ0v) is 15.0. The third-order valence-electron chi connectivity index (χ3n) is 4.73. The van der Waals surface area contributed by atoms with Gasteiger partial charge in [0.15, 0.2) is 0 Å². The van der Waals surface area contributed by atoms with Crippen LogP contribution in [-0.4, -0.2) is 42.9 Å². The molecule has 138 valence electrons. The van der Waals surface area contributed by atoms with Crippen molar-refractivity contribution >= 4 is 11.8 Å². The normalized spacial score (nSPS) is 15.6. The Morgan fingerprint density at radius 2 is 1.85 bits per heavy atom. The second kappa shape index (κ2) is 8.67. The molecule has 6 nitrogen and oxygen atoms in total. The number of carbonyl (C=O) groups is 2. The van der Waals surface area contributed by atoms with E-state index in [0.29, 0.717) is 12.1 Å². The Labute approximate surface area is 153 Å². The third-order valence-corrected chi connectivity index (χ3v) is 4.73. The molecule has 2 amide bonds. The summed E-state index contributed by atoms with van der Waals surface area (Å²) in [6.45, 7) is 4.64. The number of likely N-dealkylation sites (tertiary alicyclic amines) is 1. The molecule has 1 aliphatic heterocycles. The molecule has 1 aromatic heterocycles. The number of benzene rings is 1. The van der Waals surface area contributed by atoms with Gasteiger partial charge in [0.25, 0.3) is 5.91 Å². The molecule has 0 aliphatic carbocycles. The van der Waals surface area contributed by atoms with Crippen molar-refractivity contribution in [2.24, 2.45) is 0 Å². The molecule has 0 unspecified atom stereocenters. The van der Waals surface area contributed by atoms with Crippen molar-refractivity contribution in [2.75, 3.05) is 26.2 Å². The number of carbonyl (C=O) groups excluding carboxylic acids is 2. The van der Waals surface area contributed by atoms with Gasteiger partial charge in [-0.15, -0.1) is 0 Å². The first-order valence-corrected chi connectivity index (χ1v) is 9.01. The average molecular weight is 355 g/mol. The average Bonchev–Trinajstić information content (AvgIpc) is 3.35. The van der Waals surface area contributed by atoms with Crippen LogP contribution in [0.25, 0.3) is 0 Å². The lowest BCUT2D eigenvalue weighted by Gasteiger charge is -2.28. The number of aryl methyl sites for hydroxylation is 1. The summed E-state index contributed by atoms with van der Waals surface area (Å²) in [5.74, 6) is -0.512. The molecule has 0 radical (unpaired) electrons. The number of hydrogen-bond acceptors (Lipinski definition) is 4. The smallest absolute Gasteiger partial charge is 0.254 e. The van der Waals surface area contributed by atoms with Gasteiger partial charge in [-0.25, -0.2) is 0 Å². The minimum atomic E-state index is -0.316. The molecule has 0 bridgehead atoms. The molecule has 2 heterocycles. The van der Waals surface area contributed by atoms with Crippen LogP contribution in [0.15, 0.2) is 47.3 Å². The summed E-state index contributed by atoms with van der Waals surface area (Å²) in [6, 6.07) is 10.2. The minimum Gasteiger partial charge on any atom is -0.472 e. The molecule has 1 atom stereocenters. The number of nitrogens with zero attached hydrogens (tertiary/aromatic N) is 1. The molecule has 2 N–H and O–H groups in total. The highest BCUT2D eigenvalue weighted by molar-refractivity contribution is 5.96. The van der Waals surface area contributed by atoms with E-state index in [1.807, 2.05) is 0 Å². The van der Waals surface area contributed by atoms with Gasteiger partial charge in [-0.1, -0.05) is 29.8 Å². The highest BCUT2D eigenvalue weighted by Gasteiger charge is 2.24. The maximum Gasteiger partial charge on any atom is 0.254 e. The van der Waals surface area contributed by atoms with E-state index in [2.05, 4.69) is 46.7 Å². The van der Waals surface area contributed by atoms with Crippen LogP contribution in [0.2, 0.25) is 0 Å². The van der Waals surface area contributed by atoms with Gasteiger partial charge in [0, 0.05) is 6.54 Å². The summed E-state index contributed by atoms with van der Waals surface area (Å²) < 4.78 is 4.87. The summed E-state index contributed by atoms with van der Waals surface area (Å²) in [6.07, 6.45) is 5.17. The third kappa shape index (κ3) is 4.73.